The molecule has 1 aromatic heterocycles. The third kappa shape index (κ3) is 6.10. The highest BCUT2D eigenvalue weighted by Crippen LogP contribution is 2.40. The highest BCUT2D eigenvalue weighted by molar-refractivity contribution is 7.99. The summed E-state index contributed by atoms with van der Waals surface area (Å²) in [6, 6.07) is 13.1. The fraction of sp³-hybridized carbons (Fsp3) is 0.393. The van der Waals surface area contributed by atoms with Crippen molar-refractivity contribution in [3.8, 4) is 11.5 Å². The van der Waals surface area contributed by atoms with E-state index in [0.29, 0.717) is 41.4 Å². The summed E-state index contributed by atoms with van der Waals surface area (Å²) in [5.74, 6) is 2.66. The molecule has 0 fully saturated rings. The predicted octanol–water partition coefficient (Wildman–Crippen LogP) is 6.20. The molecule has 0 spiro atoms. The van der Waals surface area contributed by atoms with Crippen LogP contribution in [0.15, 0.2) is 58.9 Å². The third-order valence-electron chi connectivity index (χ3n) is 5.97. The number of amides is 1. The molecule has 1 aliphatic heterocycles. The number of carbonyl (C=O) groups excluding carboxylic acids is 1. The van der Waals surface area contributed by atoms with E-state index in [-0.39, 0.29) is 5.91 Å². The van der Waals surface area contributed by atoms with Crippen LogP contribution in [0.1, 0.15) is 57.7 Å². The van der Waals surface area contributed by atoms with Gasteiger partial charge in [-0.15, -0.1) is 5.10 Å². The van der Waals surface area contributed by atoms with E-state index in [1.54, 1.807) is 16.4 Å². The molecule has 8 nitrogen and oxygen atoms in total. The van der Waals surface area contributed by atoms with Gasteiger partial charge < -0.3 is 20.1 Å². The number of fused-ring (bicyclic) bond motifs is 1. The maximum Gasteiger partial charge on any atom is 0.255 e. The number of unbranched alkanes of at least 4 members (excludes halogenated alkanes) is 1. The minimum atomic E-state index is -0.496. The maximum absolute atomic E-state index is 13.7. The molecule has 37 heavy (non-hydrogen) atoms. The van der Waals surface area contributed by atoms with Gasteiger partial charge in [-0.25, -0.2) is 4.68 Å². The zero-order valence-electron chi connectivity index (χ0n) is 22.1. The van der Waals surface area contributed by atoms with Crippen molar-refractivity contribution < 1.29 is 14.3 Å². The van der Waals surface area contributed by atoms with E-state index in [4.69, 9.17) is 19.6 Å². The Hall–Kier alpha value is -3.46. The molecule has 4 rings (SSSR count). The second kappa shape index (κ2) is 12.2. The number of benzene rings is 2. The first-order chi connectivity index (χ1) is 17.9. The summed E-state index contributed by atoms with van der Waals surface area (Å²) in [7, 11) is 0. The van der Waals surface area contributed by atoms with Gasteiger partial charge in [0.15, 0.2) is 11.5 Å². The van der Waals surface area contributed by atoms with E-state index >= 15 is 0 Å². The van der Waals surface area contributed by atoms with Crippen LogP contribution in [0.2, 0.25) is 0 Å². The Morgan fingerprint density at radius 1 is 1.08 bits per heavy atom. The number of anilines is 2. The van der Waals surface area contributed by atoms with Crippen molar-refractivity contribution in [3.05, 3.63) is 64.9 Å². The topological polar surface area (TPSA) is 90.3 Å². The summed E-state index contributed by atoms with van der Waals surface area (Å²) in [6.07, 6.45) is 2.20. The molecule has 2 N–H and O–H groups in total. The van der Waals surface area contributed by atoms with Gasteiger partial charge in [-0.2, -0.15) is 4.98 Å². The predicted molar refractivity (Wildman–Crippen MR) is 149 cm³/mol. The number of hydrogen-bond donors (Lipinski definition) is 2. The van der Waals surface area contributed by atoms with E-state index in [0.717, 1.165) is 41.1 Å². The van der Waals surface area contributed by atoms with Gasteiger partial charge in [-0.3, -0.25) is 4.79 Å². The number of allylic oxidation sites excluding steroid dienone is 1. The summed E-state index contributed by atoms with van der Waals surface area (Å²) in [5, 5.41) is 11.9. The SMILES string of the molecule is CCCCSc1nc2n(n1)C(c1ccc(OCC)c(OCC)c1)C(C(=O)Nc1cccc(C)c1)=C(C)N2. The van der Waals surface area contributed by atoms with Crippen LogP contribution in [-0.4, -0.2) is 39.6 Å². The van der Waals surface area contributed by atoms with Gasteiger partial charge in [-0.1, -0.05) is 43.3 Å². The lowest BCUT2D eigenvalue weighted by Gasteiger charge is -2.29. The first-order valence-corrected chi connectivity index (χ1v) is 13.8. The van der Waals surface area contributed by atoms with Crippen molar-refractivity contribution in [1.82, 2.24) is 14.8 Å². The average molecular weight is 522 g/mol. The highest BCUT2D eigenvalue weighted by Gasteiger charge is 2.35. The standard InChI is InChI=1S/C28H35N5O3S/c1-6-9-15-37-28-31-27-29-19(5)24(26(34)30-21-12-10-11-18(4)16-21)25(33(27)32-28)20-13-14-22(35-7-2)23(17-20)36-8-3/h10-14,16-17,25H,6-9,15H2,1-5H3,(H,30,34)(H,29,31,32). The lowest BCUT2D eigenvalue weighted by atomic mass is 9.94. The van der Waals surface area contributed by atoms with E-state index in [1.807, 2.05) is 70.2 Å². The van der Waals surface area contributed by atoms with Crippen LogP contribution in [-0.2, 0) is 4.79 Å². The number of thioether (sulfide) groups is 1. The molecule has 196 valence electrons. The normalized spacial score (nSPS) is 14.7. The Morgan fingerprint density at radius 3 is 2.59 bits per heavy atom. The molecular formula is C28H35N5O3S. The number of ether oxygens (including phenoxy) is 2. The largest absolute Gasteiger partial charge is 0.490 e. The van der Waals surface area contributed by atoms with Crippen LogP contribution in [0.4, 0.5) is 11.6 Å². The minimum absolute atomic E-state index is 0.200. The highest BCUT2D eigenvalue weighted by atomic mass is 32.2. The first-order valence-electron chi connectivity index (χ1n) is 12.8. The molecule has 1 aliphatic rings. The summed E-state index contributed by atoms with van der Waals surface area (Å²) < 4.78 is 13.5. The number of aromatic nitrogens is 3. The molecule has 1 amide bonds. The Bertz CT molecular complexity index is 1290. The summed E-state index contributed by atoms with van der Waals surface area (Å²) >= 11 is 1.62. The Kier molecular flexibility index (Phi) is 8.76. The summed E-state index contributed by atoms with van der Waals surface area (Å²) in [5.41, 5.74) is 3.97. The number of rotatable bonds is 11. The molecule has 3 aromatic rings. The van der Waals surface area contributed by atoms with E-state index in [2.05, 4.69) is 17.6 Å². The van der Waals surface area contributed by atoms with Gasteiger partial charge in [0.25, 0.3) is 5.91 Å². The van der Waals surface area contributed by atoms with Crippen molar-refractivity contribution in [3.63, 3.8) is 0 Å². The zero-order valence-corrected chi connectivity index (χ0v) is 22.9. The van der Waals surface area contributed by atoms with Gasteiger partial charge in [0.05, 0.1) is 18.8 Å². The fourth-order valence-electron chi connectivity index (χ4n) is 4.26. The number of nitrogens with zero attached hydrogens (tertiary/aromatic N) is 3. The lowest BCUT2D eigenvalue weighted by molar-refractivity contribution is -0.113. The fourth-order valence-corrected chi connectivity index (χ4v) is 5.17. The van der Waals surface area contributed by atoms with Gasteiger partial charge in [-0.05, 0) is 69.5 Å². The van der Waals surface area contributed by atoms with Crippen LogP contribution in [0, 0.1) is 6.92 Å². The second-order valence-electron chi connectivity index (χ2n) is 8.83. The van der Waals surface area contributed by atoms with Crippen molar-refractivity contribution in [2.75, 3.05) is 29.6 Å². The van der Waals surface area contributed by atoms with Crippen molar-refractivity contribution in [2.24, 2.45) is 0 Å². The summed E-state index contributed by atoms with van der Waals surface area (Å²) in [6.45, 7) is 11.0. The quantitative estimate of drug-likeness (QED) is 0.229. The smallest absolute Gasteiger partial charge is 0.255 e. The molecule has 1 unspecified atom stereocenters. The van der Waals surface area contributed by atoms with Crippen LogP contribution in [0.25, 0.3) is 0 Å². The molecule has 0 bridgehead atoms. The number of nitrogens with one attached hydrogen (secondary N) is 2. The third-order valence-corrected chi connectivity index (χ3v) is 6.89. The van der Waals surface area contributed by atoms with Crippen molar-refractivity contribution in [2.45, 2.75) is 58.7 Å². The molecule has 0 saturated heterocycles. The molecule has 1 atom stereocenters. The maximum atomic E-state index is 13.7. The molecule has 9 heteroatoms. The molecular weight excluding hydrogens is 486 g/mol. The van der Waals surface area contributed by atoms with E-state index in [1.165, 1.54) is 0 Å². The number of hydrogen-bond acceptors (Lipinski definition) is 7. The number of aryl methyl sites for hydroxylation is 1. The lowest BCUT2D eigenvalue weighted by Crippen LogP contribution is -2.31. The zero-order chi connectivity index (χ0) is 26.4. The van der Waals surface area contributed by atoms with Gasteiger partial charge in [0.1, 0.15) is 6.04 Å². The van der Waals surface area contributed by atoms with Crippen LogP contribution in [0.3, 0.4) is 0 Å². The Labute approximate surface area is 222 Å². The van der Waals surface area contributed by atoms with Crippen LogP contribution < -0.4 is 20.1 Å². The molecule has 0 radical (unpaired) electrons. The Balaban J connectivity index is 1.78. The minimum Gasteiger partial charge on any atom is -0.490 e. The molecule has 0 saturated carbocycles. The number of carbonyl (C=O) groups is 1. The van der Waals surface area contributed by atoms with Crippen LogP contribution in [0.5, 0.6) is 11.5 Å². The summed E-state index contributed by atoms with van der Waals surface area (Å²) in [4.78, 5) is 18.5. The average Bonchev–Trinajstić information content (AvgIpc) is 3.27. The van der Waals surface area contributed by atoms with E-state index in [9.17, 15) is 4.79 Å². The van der Waals surface area contributed by atoms with Gasteiger partial charge >= 0.3 is 0 Å². The van der Waals surface area contributed by atoms with Crippen molar-refractivity contribution in [1.29, 1.82) is 0 Å². The second-order valence-corrected chi connectivity index (χ2v) is 9.89. The molecule has 0 aliphatic carbocycles. The van der Waals surface area contributed by atoms with Gasteiger partial charge in [0.2, 0.25) is 11.1 Å². The molecule has 2 aromatic carbocycles. The monoisotopic (exact) mass is 521 g/mol. The van der Waals surface area contributed by atoms with Gasteiger partial charge in [0, 0.05) is 17.1 Å². The first kappa shape index (κ1) is 26.6. The Morgan fingerprint density at radius 2 is 1.86 bits per heavy atom. The van der Waals surface area contributed by atoms with E-state index < -0.39 is 6.04 Å². The van der Waals surface area contributed by atoms with Crippen molar-refractivity contribution >= 4 is 29.3 Å². The molecule has 2 heterocycles. The van der Waals surface area contributed by atoms with Crippen LogP contribution >= 0.6 is 11.8 Å².